The predicted molar refractivity (Wildman–Crippen MR) is 134 cm³/mol. The predicted octanol–water partition coefficient (Wildman–Crippen LogP) is 1.90. The van der Waals surface area contributed by atoms with Crippen LogP contribution in [0.5, 0.6) is 0 Å². The maximum absolute atomic E-state index is 12.0. The van der Waals surface area contributed by atoms with Crippen molar-refractivity contribution in [3.8, 4) is 0 Å². The molecule has 1 aliphatic rings. The smallest absolute Gasteiger partial charge is 0.234 e. The maximum atomic E-state index is 12.0. The van der Waals surface area contributed by atoms with Crippen molar-refractivity contribution in [1.29, 1.82) is 0 Å². The number of ether oxygens (including phenoxy) is 1. The van der Waals surface area contributed by atoms with E-state index in [1.165, 1.54) is 0 Å². The Bertz CT molecular complexity index is 668. The number of aliphatic imine (C=N–C) groups is 1. The molecule has 0 atom stereocenters. The number of guanidine groups is 1. The first-order valence-corrected chi connectivity index (χ1v) is 11.2. The number of carbonyl (C=O) groups is 1. The van der Waals surface area contributed by atoms with Crippen LogP contribution < -0.4 is 10.6 Å². The van der Waals surface area contributed by atoms with E-state index in [4.69, 9.17) is 14.7 Å². The van der Waals surface area contributed by atoms with Gasteiger partial charge < -0.3 is 20.3 Å². The lowest BCUT2D eigenvalue weighted by Crippen LogP contribution is -2.54. The van der Waals surface area contributed by atoms with Gasteiger partial charge in [0.2, 0.25) is 5.91 Å². The SMILES string of the molecule is CCNC(=NCc1nc(C(C)(C)C)cs1)N1CCN(CC(=O)NCCOC)CC1.I. The highest BCUT2D eigenvalue weighted by Gasteiger charge is 2.21. The molecule has 2 N–H and O–H groups in total. The van der Waals surface area contributed by atoms with Crippen LogP contribution in [-0.4, -0.2) is 86.2 Å². The Kier molecular flexibility index (Phi) is 12.1. The second kappa shape index (κ2) is 13.4. The molecule has 1 fully saturated rings. The van der Waals surface area contributed by atoms with Crippen LogP contribution in [-0.2, 0) is 21.5 Å². The van der Waals surface area contributed by atoms with E-state index in [2.05, 4.69) is 53.5 Å². The number of rotatable bonds is 8. The van der Waals surface area contributed by atoms with E-state index in [9.17, 15) is 4.79 Å². The van der Waals surface area contributed by atoms with Crippen LogP contribution >= 0.6 is 35.3 Å². The molecule has 0 spiro atoms. The minimum Gasteiger partial charge on any atom is -0.383 e. The summed E-state index contributed by atoms with van der Waals surface area (Å²) in [4.78, 5) is 26.0. The quantitative estimate of drug-likeness (QED) is 0.222. The molecule has 1 aromatic heterocycles. The summed E-state index contributed by atoms with van der Waals surface area (Å²) in [5.74, 6) is 0.971. The maximum Gasteiger partial charge on any atom is 0.234 e. The van der Waals surface area contributed by atoms with Gasteiger partial charge in [-0.3, -0.25) is 9.69 Å². The van der Waals surface area contributed by atoms with Crippen molar-refractivity contribution in [3.63, 3.8) is 0 Å². The van der Waals surface area contributed by atoms with Crippen molar-refractivity contribution in [2.24, 2.45) is 4.99 Å². The van der Waals surface area contributed by atoms with Gasteiger partial charge in [0.15, 0.2) is 5.96 Å². The first-order valence-electron chi connectivity index (χ1n) is 10.3. The van der Waals surface area contributed by atoms with Crippen LogP contribution in [0.2, 0.25) is 0 Å². The number of piperazine rings is 1. The summed E-state index contributed by atoms with van der Waals surface area (Å²) in [6, 6.07) is 0. The molecule has 0 radical (unpaired) electrons. The van der Waals surface area contributed by atoms with Gasteiger partial charge in [0.25, 0.3) is 0 Å². The molecule has 2 heterocycles. The highest BCUT2D eigenvalue weighted by atomic mass is 127. The van der Waals surface area contributed by atoms with Crippen LogP contribution in [0.3, 0.4) is 0 Å². The molecule has 0 bridgehead atoms. The Labute approximate surface area is 201 Å². The number of halogens is 1. The summed E-state index contributed by atoms with van der Waals surface area (Å²) in [6.45, 7) is 14.9. The third-order valence-electron chi connectivity index (χ3n) is 4.69. The number of nitrogens with one attached hydrogen (secondary N) is 2. The fraction of sp³-hybridized carbons (Fsp3) is 0.750. The van der Waals surface area contributed by atoms with Crippen LogP contribution in [0.25, 0.3) is 0 Å². The van der Waals surface area contributed by atoms with Gasteiger partial charge in [-0.1, -0.05) is 20.8 Å². The van der Waals surface area contributed by atoms with Crippen LogP contribution in [0.4, 0.5) is 0 Å². The van der Waals surface area contributed by atoms with Gasteiger partial charge in [-0.2, -0.15) is 0 Å². The lowest BCUT2D eigenvalue weighted by atomic mass is 9.93. The van der Waals surface area contributed by atoms with E-state index in [1.807, 2.05) is 0 Å². The molecule has 0 aromatic carbocycles. The fourth-order valence-electron chi connectivity index (χ4n) is 2.97. The summed E-state index contributed by atoms with van der Waals surface area (Å²) >= 11 is 1.67. The third kappa shape index (κ3) is 9.03. The minimum absolute atomic E-state index is 0. The molecule has 0 saturated carbocycles. The highest BCUT2D eigenvalue weighted by molar-refractivity contribution is 14.0. The molecule has 1 aliphatic heterocycles. The zero-order valence-electron chi connectivity index (χ0n) is 18.9. The molecular weight excluding hydrogens is 515 g/mol. The van der Waals surface area contributed by atoms with Gasteiger partial charge in [-0.15, -0.1) is 35.3 Å². The molecule has 1 saturated heterocycles. The summed E-state index contributed by atoms with van der Waals surface area (Å²) < 4.78 is 4.96. The van der Waals surface area contributed by atoms with Crippen molar-refractivity contribution in [3.05, 3.63) is 16.1 Å². The second-order valence-electron chi connectivity index (χ2n) is 8.15. The van der Waals surface area contributed by atoms with Crippen LogP contribution in [0.15, 0.2) is 10.4 Å². The topological polar surface area (TPSA) is 82.1 Å². The molecule has 2 rings (SSSR count). The largest absolute Gasteiger partial charge is 0.383 e. The van der Waals surface area contributed by atoms with Crippen LogP contribution in [0, 0.1) is 0 Å². The minimum atomic E-state index is 0. The van der Waals surface area contributed by atoms with Gasteiger partial charge >= 0.3 is 0 Å². The molecule has 0 aliphatic carbocycles. The van der Waals surface area contributed by atoms with E-state index in [0.29, 0.717) is 26.2 Å². The number of aromatic nitrogens is 1. The van der Waals surface area contributed by atoms with Gasteiger partial charge in [0.05, 0.1) is 25.4 Å². The average molecular weight is 553 g/mol. The van der Waals surface area contributed by atoms with E-state index >= 15 is 0 Å². The molecule has 172 valence electrons. The van der Waals surface area contributed by atoms with Crippen molar-refractivity contribution in [2.75, 3.05) is 59.5 Å². The number of carbonyl (C=O) groups excluding carboxylic acids is 1. The van der Waals surface area contributed by atoms with Crippen molar-refractivity contribution >= 4 is 47.2 Å². The summed E-state index contributed by atoms with van der Waals surface area (Å²) in [5, 5.41) is 9.44. The molecule has 8 nitrogen and oxygen atoms in total. The highest BCUT2D eigenvalue weighted by Crippen LogP contribution is 2.24. The summed E-state index contributed by atoms with van der Waals surface area (Å²) in [6.07, 6.45) is 0. The molecule has 1 amide bonds. The van der Waals surface area contributed by atoms with Crippen molar-refractivity contribution in [1.82, 2.24) is 25.4 Å². The van der Waals surface area contributed by atoms with Crippen LogP contribution in [0.1, 0.15) is 38.4 Å². The number of hydrogen-bond acceptors (Lipinski definition) is 6. The normalized spacial score (nSPS) is 15.6. The molecule has 0 unspecified atom stereocenters. The van der Waals surface area contributed by atoms with Gasteiger partial charge in [0.1, 0.15) is 5.01 Å². The fourth-order valence-corrected chi connectivity index (χ4v) is 3.91. The lowest BCUT2D eigenvalue weighted by Gasteiger charge is -2.36. The van der Waals surface area contributed by atoms with E-state index < -0.39 is 0 Å². The molecule has 10 heteroatoms. The van der Waals surface area contributed by atoms with E-state index in [1.54, 1.807) is 18.4 Å². The van der Waals surface area contributed by atoms with E-state index in [0.717, 1.165) is 49.4 Å². The zero-order chi connectivity index (χ0) is 21.3. The number of hydrogen-bond donors (Lipinski definition) is 2. The first kappa shape index (κ1) is 27.1. The lowest BCUT2D eigenvalue weighted by molar-refractivity contribution is -0.122. The Morgan fingerprint density at radius 1 is 1.27 bits per heavy atom. The number of methoxy groups -OCH3 is 1. The average Bonchev–Trinajstić information content (AvgIpc) is 3.16. The standard InChI is InChI=1S/C20H36N6O2S.HI/c1-6-21-19(23-13-18-24-16(15-29-18)20(2,3)4)26-10-8-25(9-11-26)14-17(27)22-7-12-28-5;/h15H,6-14H2,1-5H3,(H,21,23)(H,22,27);1H. The number of thiazole rings is 1. The van der Waals surface area contributed by atoms with Gasteiger partial charge in [-0.25, -0.2) is 9.98 Å². The monoisotopic (exact) mass is 552 g/mol. The Balaban J connectivity index is 0.00000450. The number of amides is 1. The Morgan fingerprint density at radius 3 is 2.53 bits per heavy atom. The van der Waals surface area contributed by atoms with Gasteiger partial charge in [0, 0.05) is 57.2 Å². The van der Waals surface area contributed by atoms with E-state index in [-0.39, 0.29) is 35.3 Å². The Hall–Kier alpha value is -0.980. The molecule has 1 aromatic rings. The molecular formula is C20H37IN6O2S. The molecule has 30 heavy (non-hydrogen) atoms. The summed E-state index contributed by atoms with van der Waals surface area (Å²) in [5.41, 5.74) is 1.19. The summed E-state index contributed by atoms with van der Waals surface area (Å²) in [7, 11) is 1.63. The second-order valence-corrected chi connectivity index (χ2v) is 9.10. The van der Waals surface area contributed by atoms with Crippen molar-refractivity contribution in [2.45, 2.75) is 39.7 Å². The third-order valence-corrected chi connectivity index (χ3v) is 5.52. The van der Waals surface area contributed by atoms with Gasteiger partial charge in [-0.05, 0) is 6.92 Å². The van der Waals surface area contributed by atoms with Crippen molar-refractivity contribution < 1.29 is 9.53 Å². The first-order chi connectivity index (χ1) is 13.8. The zero-order valence-corrected chi connectivity index (χ0v) is 22.0. The Morgan fingerprint density at radius 2 is 1.97 bits per heavy atom. The number of nitrogens with zero attached hydrogens (tertiary/aromatic N) is 4.